The van der Waals surface area contributed by atoms with Crippen molar-refractivity contribution in [1.82, 2.24) is 0 Å². The Kier molecular flexibility index (Phi) is 7.04. The summed E-state index contributed by atoms with van der Waals surface area (Å²) in [4.78, 5) is 2.34. The van der Waals surface area contributed by atoms with Crippen LogP contribution in [0.5, 0.6) is 0 Å². The van der Waals surface area contributed by atoms with E-state index in [4.69, 9.17) is 4.42 Å². The van der Waals surface area contributed by atoms with E-state index in [1.54, 1.807) is 0 Å². The van der Waals surface area contributed by atoms with Crippen LogP contribution in [0, 0.1) is 0 Å². The summed E-state index contributed by atoms with van der Waals surface area (Å²) in [5, 5.41) is 7.29. The van der Waals surface area contributed by atoms with Gasteiger partial charge in [0, 0.05) is 27.7 Å². The van der Waals surface area contributed by atoms with Crippen molar-refractivity contribution in [2.45, 2.75) is 52.4 Å². The smallest absolute Gasteiger partial charge is 0.159 e. The van der Waals surface area contributed by atoms with Crippen LogP contribution in [0.4, 0.5) is 17.1 Å². The average Bonchev–Trinajstić information content (AvgIpc) is 3.56. The standard InChI is InChI=1S/C52H43NO/c1-51(2,3)38-23-20-32(21-24-38)33-18-19-34-28-43-45(30-36(34)26-33)44-29-35-22-25-40(27-37(35)31-46(43)44)53(39-12-8-7-9-13-39)48-17-11-15-42-41-14-10-16-47(52(4,5)6)49(41)54-50(42)48/h7-31H,1-6H3. The van der Waals surface area contributed by atoms with E-state index in [0.717, 1.165) is 39.0 Å². The molecule has 0 amide bonds. The van der Waals surface area contributed by atoms with E-state index in [9.17, 15) is 0 Å². The first-order valence-corrected chi connectivity index (χ1v) is 19.1. The first-order chi connectivity index (χ1) is 26.0. The van der Waals surface area contributed by atoms with Gasteiger partial charge in [0.15, 0.2) is 5.58 Å². The van der Waals surface area contributed by atoms with Crippen LogP contribution in [0.3, 0.4) is 0 Å². The molecule has 1 heterocycles. The van der Waals surface area contributed by atoms with Crippen LogP contribution in [0.25, 0.3) is 76.9 Å². The van der Waals surface area contributed by atoms with Gasteiger partial charge in [0.05, 0.1) is 5.69 Å². The van der Waals surface area contributed by atoms with E-state index < -0.39 is 0 Å². The van der Waals surface area contributed by atoms with E-state index in [2.05, 4.69) is 198 Å². The van der Waals surface area contributed by atoms with Gasteiger partial charge in [-0.25, -0.2) is 0 Å². The molecular formula is C52H43NO. The number of benzene rings is 8. The van der Waals surface area contributed by atoms with E-state index in [-0.39, 0.29) is 10.8 Å². The number of anilines is 3. The highest BCUT2D eigenvalue weighted by Crippen LogP contribution is 2.51. The van der Waals surface area contributed by atoms with Crippen LogP contribution in [-0.2, 0) is 10.8 Å². The molecule has 1 aliphatic carbocycles. The maximum atomic E-state index is 6.88. The van der Waals surface area contributed by atoms with Crippen molar-refractivity contribution >= 4 is 60.5 Å². The van der Waals surface area contributed by atoms with Gasteiger partial charge in [0.2, 0.25) is 0 Å². The lowest BCUT2D eigenvalue weighted by atomic mass is 9.77. The molecule has 9 aromatic rings. The predicted octanol–water partition coefficient (Wildman–Crippen LogP) is 15.3. The molecule has 0 saturated heterocycles. The second-order valence-electron chi connectivity index (χ2n) is 17.1. The lowest BCUT2D eigenvalue weighted by molar-refractivity contribution is 0.573. The predicted molar refractivity (Wildman–Crippen MR) is 231 cm³/mol. The van der Waals surface area contributed by atoms with E-state index in [1.807, 2.05) is 0 Å². The normalized spacial score (nSPS) is 12.6. The molecule has 0 N–H and O–H groups in total. The molecule has 0 saturated carbocycles. The largest absolute Gasteiger partial charge is 0.454 e. The van der Waals surface area contributed by atoms with Crippen molar-refractivity contribution in [2.75, 3.05) is 4.90 Å². The molecule has 0 atom stereocenters. The zero-order chi connectivity index (χ0) is 36.9. The molecule has 1 aromatic heterocycles. The minimum Gasteiger partial charge on any atom is -0.454 e. The molecule has 8 aromatic carbocycles. The lowest BCUT2D eigenvalue weighted by Crippen LogP contribution is -2.11. The van der Waals surface area contributed by atoms with E-state index in [0.29, 0.717) is 0 Å². The second-order valence-corrected chi connectivity index (χ2v) is 17.1. The Morgan fingerprint density at radius 1 is 0.407 bits per heavy atom. The third-order valence-electron chi connectivity index (χ3n) is 11.4. The van der Waals surface area contributed by atoms with Gasteiger partial charge in [-0.2, -0.15) is 0 Å². The third-order valence-corrected chi connectivity index (χ3v) is 11.4. The minimum absolute atomic E-state index is 0.0423. The first-order valence-electron chi connectivity index (χ1n) is 19.1. The van der Waals surface area contributed by atoms with Gasteiger partial charge in [0.1, 0.15) is 5.58 Å². The quantitative estimate of drug-likeness (QED) is 0.182. The molecule has 2 heteroatoms. The Morgan fingerprint density at radius 2 is 0.981 bits per heavy atom. The molecule has 0 bridgehead atoms. The Bertz CT molecular complexity index is 2930. The molecule has 1 aliphatic rings. The molecular weight excluding hydrogens is 655 g/mol. The minimum atomic E-state index is -0.0423. The van der Waals surface area contributed by atoms with Gasteiger partial charge in [-0.3, -0.25) is 0 Å². The summed E-state index contributed by atoms with van der Waals surface area (Å²) in [5.41, 5.74) is 15.6. The van der Waals surface area contributed by atoms with Crippen LogP contribution >= 0.6 is 0 Å². The van der Waals surface area contributed by atoms with Crippen LogP contribution in [-0.4, -0.2) is 0 Å². The van der Waals surface area contributed by atoms with Crippen LogP contribution < -0.4 is 4.90 Å². The van der Waals surface area contributed by atoms with Crippen LogP contribution in [0.1, 0.15) is 52.7 Å². The number of rotatable bonds is 4. The second kappa shape index (κ2) is 11.7. The number of furan rings is 1. The molecule has 0 aliphatic heterocycles. The molecule has 0 fully saturated rings. The molecule has 0 spiro atoms. The number of hydrogen-bond acceptors (Lipinski definition) is 2. The summed E-state index contributed by atoms with van der Waals surface area (Å²) < 4.78 is 6.88. The fourth-order valence-electron chi connectivity index (χ4n) is 8.47. The molecule has 262 valence electrons. The summed E-state index contributed by atoms with van der Waals surface area (Å²) >= 11 is 0. The fourth-order valence-corrected chi connectivity index (χ4v) is 8.47. The summed E-state index contributed by atoms with van der Waals surface area (Å²) in [5.74, 6) is 0. The van der Waals surface area contributed by atoms with Crippen molar-refractivity contribution in [1.29, 1.82) is 0 Å². The molecule has 0 radical (unpaired) electrons. The Labute approximate surface area is 317 Å². The average molecular weight is 698 g/mol. The van der Waals surface area contributed by atoms with E-state index >= 15 is 0 Å². The van der Waals surface area contributed by atoms with Gasteiger partial charge in [-0.1, -0.05) is 133 Å². The van der Waals surface area contributed by atoms with Crippen molar-refractivity contribution in [3.63, 3.8) is 0 Å². The van der Waals surface area contributed by atoms with Gasteiger partial charge in [0.25, 0.3) is 0 Å². The fraction of sp³-hybridized carbons (Fsp3) is 0.154. The highest BCUT2D eigenvalue weighted by molar-refractivity contribution is 6.14. The third kappa shape index (κ3) is 5.16. The summed E-state index contributed by atoms with van der Waals surface area (Å²) in [6, 6.07) is 56.0. The van der Waals surface area contributed by atoms with Crippen LogP contribution in [0.15, 0.2) is 156 Å². The Hall–Kier alpha value is -6.12. The van der Waals surface area contributed by atoms with Crippen LogP contribution in [0.2, 0.25) is 0 Å². The summed E-state index contributed by atoms with van der Waals surface area (Å²) in [6.07, 6.45) is 0. The summed E-state index contributed by atoms with van der Waals surface area (Å²) in [7, 11) is 0. The zero-order valence-electron chi connectivity index (χ0n) is 31.8. The van der Waals surface area contributed by atoms with Crippen molar-refractivity contribution in [3.8, 4) is 33.4 Å². The SMILES string of the molecule is CC(C)(C)c1ccc(-c2ccc3cc4c(cc3c2)-c2cc3ccc(N(c5ccccc5)c5cccc6c5oc5c(C(C)(C)C)cccc56)cc3cc2-4)cc1. The number of hydrogen-bond donors (Lipinski definition) is 0. The molecule has 2 nitrogen and oxygen atoms in total. The van der Waals surface area contributed by atoms with Gasteiger partial charge in [-0.05, 0) is 132 Å². The highest BCUT2D eigenvalue weighted by atomic mass is 16.3. The molecule has 54 heavy (non-hydrogen) atoms. The van der Waals surface area contributed by atoms with E-state index in [1.165, 1.54) is 66.1 Å². The zero-order valence-corrected chi connectivity index (χ0v) is 31.8. The number of para-hydroxylation sites is 3. The maximum Gasteiger partial charge on any atom is 0.159 e. The maximum absolute atomic E-state index is 6.88. The van der Waals surface area contributed by atoms with Gasteiger partial charge >= 0.3 is 0 Å². The van der Waals surface area contributed by atoms with Crippen molar-refractivity contribution in [2.24, 2.45) is 0 Å². The summed E-state index contributed by atoms with van der Waals surface area (Å²) in [6.45, 7) is 13.5. The first kappa shape index (κ1) is 32.5. The Morgan fingerprint density at radius 3 is 1.63 bits per heavy atom. The molecule has 0 unspecified atom stereocenters. The monoisotopic (exact) mass is 697 g/mol. The van der Waals surface area contributed by atoms with Gasteiger partial charge in [-0.15, -0.1) is 0 Å². The lowest BCUT2D eigenvalue weighted by Gasteiger charge is -2.28. The highest BCUT2D eigenvalue weighted by Gasteiger charge is 2.26. The Balaban J connectivity index is 1.06. The molecule has 10 rings (SSSR count). The van der Waals surface area contributed by atoms with Gasteiger partial charge < -0.3 is 9.32 Å². The van der Waals surface area contributed by atoms with Crippen molar-refractivity contribution in [3.05, 3.63) is 163 Å². The van der Waals surface area contributed by atoms with Crippen molar-refractivity contribution < 1.29 is 4.42 Å². The topological polar surface area (TPSA) is 16.4 Å². The number of nitrogens with zero attached hydrogens (tertiary/aromatic N) is 1. The number of fused-ring (bicyclic) bond motifs is 9.